The average molecular weight is 224 g/mol. The van der Waals surface area contributed by atoms with Crippen molar-refractivity contribution in [1.29, 1.82) is 0 Å². The van der Waals surface area contributed by atoms with E-state index < -0.39 is 10.0 Å². The van der Waals surface area contributed by atoms with Crippen LogP contribution in [0.1, 0.15) is 12.8 Å². The second-order valence-corrected chi connectivity index (χ2v) is 5.71. The second-order valence-electron chi connectivity index (χ2n) is 3.97. The molecule has 80 valence electrons. The number of benzene rings is 1. The van der Waals surface area contributed by atoms with Gasteiger partial charge in [-0.15, -0.1) is 0 Å². The molecule has 3 rings (SSSR count). The Hall–Kier alpha value is -1.07. The number of rotatable bonds is 1. The molecule has 2 aliphatic rings. The molecule has 0 saturated heterocycles. The number of hydrogen-bond acceptors (Lipinski definition) is 3. The first-order valence-electron chi connectivity index (χ1n) is 5.04. The van der Waals surface area contributed by atoms with E-state index >= 15 is 0 Å². The van der Waals surface area contributed by atoms with Gasteiger partial charge in [-0.2, -0.15) is 4.72 Å². The summed E-state index contributed by atoms with van der Waals surface area (Å²) < 4.78 is 26.0. The highest BCUT2D eigenvalue weighted by Crippen LogP contribution is 2.36. The molecular weight excluding hydrogens is 212 g/mol. The quantitative estimate of drug-likeness (QED) is 0.771. The summed E-state index contributed by atoms with van der Waals surface area (Å²) >= 11 is 0. The van der Waals surface area contributed by atoms with E-state index in [2.05, 4.69) is 9.62 Å². The van der Waals surface area contributed by atoms with Gasteiger partial charge >= 0.3 is 0 Å². The third kappa shape index (κ3) is 1.42. The lowest BCUT2D eigenvalue weighted by Crippen LogP contribution is -2.44. The van der Waals surface area contributed by atoms with Crippen molar-refractivity contribution in [3.63, 3.8) is 0 Å². The summed E-state index contributed by atoms with van der Waals surface area (Å²) in [5.41, 5.74) is 0.846. The molecule has 0 spiro atoms. The number of nitrogens with one attached hydrogen (secondary N) is 1. The predicted octanol–water partition coefficient (Wildman–Crippen LogP) is 0.905. The van der Waals surface area contributed by atoms with E-state index in [1.54, 1.807) is 12.1 Å². The Bertz CT molecular complexity index is 494. The fourth-order valence-electron chi connectivity index (χ4n) is 1.95. The minimum atomic E-state index is -3.27. The Balaban J connectivity index is 2.15. The molecule has 0 unspecified atom stereocenters. The van der Waals surface area contributed by atoms with Gasteiger partial charge in [0, 0.05) is 6.04 Å². The molecular formula is C10H12N2O2S. The molecule has 1 N–H and O–H groups in total. The molecule has 0 aromatic heterocycles. The fourth-order valence-corrected chi connectivity index (χ4v) is 3.13. The summed E-state index contributed by atoms with van der Waals surface area (Å²) in [6.45, 7) is 0.407. The minimum absolute atomic E-state index is 0.406. The van der Waals surface area contributed by atoms with E-state index in [1.165, 1.54) is 0 Å². The Labute approximate surface area is 88.9 Å². The van der Waals surface area contributed by atoms with Gasteiger partial charge in [0.1, 0.15) is 4.90 Å². The molecule has 0 atom stereocenters. The van der Waals surface area contributed by atoms with Crippen LogP contribution in [0.15, 0.2) is 29.2 Å². The van der Waals surface area contributed by atoms with Crippen molar-refractivity contribution in [3.8, 4) is 0 Å². The Kier molecular flexibility index (Phi) is 1.81. The SMILES string of the molecule is O=S1(=O)NCN(C2CC2)c2ccccc21. The van der Waals surface area contributed by atoms with Gasteiger partial charge in [-0.25, -0.2) is 8.42 Å². The van der Waals surface area contributed by atoms with Crippen LogP contribution in [0.5, 0.6) is 0 Å². The van der Waals surface area contributed by atoms with Crippen LogP contribution in [0.25, 0.3) is 0 Å². The number of fused-ring (bicyclic) bond motifs is 1. The van der Waals surface area contributed by atoms with Crippen molar-refractivity contribution in [3.05, 3.63) is 24.3 Å². The lowest BCUT2D eigenvalue weighted by atomic mass is 10.3. The highest BCUT2D eigenvalue weighted by Gasteiger charge is 2.36. The van der Waals surface area contributed by atoms with Crippen LogP contribution in [0.2, 0.25) is 0 Å². The predicted molar refractivity (Wildman–Crippen MR) is 57.1 cm³/mol. The number of para-hydroxylation sites is 1. The molecule has 1 heterocycles. The van der Waals surface area contributed by atoms with Crippen molar-refractivity contribution in [2.24, 2.45) is 0 Å². The topological polar surface area (TPSA) is 49.4 Å². The monoisotopic (exact) mass is 224 g/mol. The van der Waals surface area contributed by atoms with Gasteiger partial charge in [0.05, 0.1) is 12.4 Å². The Morgan fingerprint density at radius 2 is 2.00 bits per heavy atom. The summed E-state index contributed by atoms with van der Waals surface area (Å²) in [5, 5.41) is 0. The van der Waals surface area contributed by atoms with Crippen LogP contribution in [0.3, 0.4) is 0 Å². The van der Waals surface area contributed by atoms with Crippen molar-refractivity contribution in [2.45, 2.75) is 23.8 Å². The first-order chi connectivity index (χ1) is 7.18. The number of sulfonamides is 1. The van der Waals surface area contributed by atoms with E-state index in [9.17, 15) is 8.42 Å². The van der Waals surface area contributed by atoms with Crippen LogP contribution in [-0.4, -0.2) is 21.1 Å². The molecule has 1 saturated carbocycles. The van der Waals surface area contributed by atoms with Crippen molar-refractivity contribution in [1.82, 2.24) is 4.72 Å². The van der Waals surface area contributed by atoms with Crippen LogP contribution in [0, 0.1) is 0 Å². The van der Waals surface area contributed by atoms with Crippen molar-refractivity contribution >= 4 is 15.7 Å². The summed E-state index contributed by atoms with van der Waals surface area (Å²) in [7, 11) is -3.27. The maximum Gasteiger partial charge on any atom is 0.244 e. The van der Waals surface area contributed by atoms with Gasteiger partial charge in [0.2, 0.25) is 10.0 Å². The van der Waals surface area contributed by atoms with Gasteiger partial charge < -0.3 is 4.90 Å². The highest BCUT2D eigenvalue weighted by molar-refractivity contribution is 7.89. The molecule has 0 radical (unpaired) electrons. The van der Waals surface area contributed by atoms with Crippen molar-refractivity contribution in [2.75, 3.05) is 11.6 Å². The van der Waals surface area contributed by atoms with Crippen LogP contribution in [-0.2, 0) is 10.0 Å². The van der Waals surface area contributed by atoms with Crippen LogP contribution < -0.4 is 9.62 Å². The Morgan fingerprint density at radius 1 is 1.27 bits per heavy atom. The van der Waals surface area contributed by atoms with Crippen LogP contribution in [0.4, 0.5) is 5.69 Å². The van der Waals surface area contributed by atoms with Gasteiger partial charge in [0.25, 0.3) is 0 Å². The summed E-state index contributed by atoms with van der Waals surface area (Å²) in [6, 6.07) is 7.70. The third-order valence-corrected chi connectivity index (χ3v) is 4.31. The molecule has 1 aromatic carbocycles. The van der Waals surface area contributed by atoms with E-state index in [0.717, 1.165) is 18.5 Å². The lowest BCUT2D eigenvalue weighted by Gasteiger charge is -2.31. The third-order valence-electron chi connectivity index (χ3n) is 2.88. The zero-order valence-electron chi connectivity index (χ0n) is 8.18. The van der Waals surface area contributed by atoms with E-state index in [4.69, 9.17) is 0 Å². The number of nitrogens with zero attached hydrogens (tertiary/aromatic N) is 1. The first-order valence-corrected chi connectivity index (χ1v) is 6.52. The average Bonchev–Trinajstić information content (AvgIpc) is 3.02. The summed E-state index contributed by atoms with van der Waals surface area (Å²) in [4.78, 5) is 2.54. The molecule has 1 aromatic rings. The standard InChI is InChI=1S/C10H12N2O2S/c13-15(14)10-4-2-1-3-9(10)12(7-11-15)8-5-6-8/h1-4,8,11H,5-7H2. The van der Waals surface area contributed by atoms with Gasteiger partial charge in [-0.3, -0.25) is 0 Å². The van der Waals surface area contributed by atoms with E-state index in [0.29, 0.717) is 17.6 Å². The molecule has 1 fully saturated rings. The molecule has 1 aliphatic heterocycles. The minimum Gasteiger partial charge on any atom is -0.354 e. The zero-order chi connectivity index (χ0) is 10.5. The lowest BCUT2D eigenvalue weighted by molar-refractivity contribution is 0.570. The molecule has 4 nitrogen and oxygen atoms in total. The van der Waals surface area contributed by atoms with Crippen molar-refractivity contribution < 1.29 is 8.42 Å². The smallest absolute Gasteiger partial charge is 0.244 e. The van der Waals surface area contributed by atoms with Gasteiger partial charge in [-0.1, -0.05) is 12.1 Å². The molecule has 0 bridgehead atoms. The number of anilines is 1. The normalized spacial score (nSPS) is 23.6. The maximum atomic E-state index is 11.7. The van der Waals surface area contributed by atoms with Gasteiger partial charge in [0.15, 0.2) is 0 Å². The molecule has 0 amide bonds. The molecule has 1 aliphatic carbocycles. The van der Waals surface area contributed by atoms with E-state index in [-0.39, 0.29) is 0 Å². The van der Waals surface area contributed by atoms with Crippen LogP contribution >= 0.6 is 0 Å². The highest BCUT2D eigenvalue weighted by atomic mass is 32.2. The van der Waals surface area contributed by atoms with Gasteiger partial charge in [-0.05, 0) is 25.0 Å². The molecule has 15 heavy (non-hydrogen) atoms. The van der Waals surface area contributed by atoms with E-state index in [1.807, 2.05) is 12.1 Å². The summed E-state index contributed by atoms with van der Waals surface area (Å²) in [6.07, 6.45) is 2.33. The second kappa shape index (κ2) is 2.96. The zero-order valence-corrected chi connectivity index (χ0v) is 9.00. The summed E-state index contributed by atoms with van der Waals surface area (Å²) in [5.74, 6) is 0. The maximum absolute atomic E-state index is 11.7. The molecule has 5 heteroatoms. The first kappa shape index (κ1) is 9.18. The Morgan fingerprint density at radius 3 is 2.73 bits per heavy atom. The fraction of sp³-hybridized carbons (Fsp3) is 0.400. The largest absolute Gasteiger partial charge is 0.354 e. The number of hydrogen-bond donors (Lipinski definition) is 1.